The summed E-state index contributed by atoms with van der Waals surface area (Å²) in [5, 5.41) is 21.3. The maximum Gasteiger partial charge on any atom is 0.269 e. The quantitative estimate of drug-likeness (QED) is 0.253. The van der Waals surface area contributed by atoms with E-state index in [-0.39, 0.29) is 5.69 Å². The lowest BCUT2D eigenvalue weighted by Crippen LogP contribution is -2.38. The molecule has 0 saturated heterocycles. The van der Waals surface area contributed by atoms with Crippen LogP contribution in [-0.4, -0.2) is 33.8 Å². The van der Waals surface area contributed by atoms with Gasteiger partial charge in [0.05, 0.1) is 11.5 Å². The first-order valence-corrected chi connectivity index (χ1v) is 7.92. The molecule has 2 rings (SSSR count). The standard InChI is InChI=1S/C16H22N6O2/c1-2-17-16(18-9-3-11-21-12-4-10-20-21)19-13-14-5-7-15(8-6-14)22(23)24/h4-8,10,12H,2-3,9,11,13H2,1H3,(H2,17,18,19). The van der Waals surface area contributed by atoms with Crippen LogP contribution in [0.15, 0.2) is 47.7 Å². The van der Waals surface area contributed by atoms with Gasteiger partial charge in [0.25, 0.3) is 5.69 Å². The van der Waals surface area contributed by atoms with Gasteiger partial charge in [-0.1, -0.05) is 12.1 Å². The number of rotatable bonds is 8. The number of aliphatic imine (C=N–C) groups is 1. The number of aromatic nitrogens is 2. The van der Waals surface area contributed by atoms with E-state index in [2.05, 4.69) is 20.7 Å². The van der Waals surface area contributed by atoms with E-state index in [1.54, 1.807) is 18.3 Å². The summed E-state index contributed by atoms with van der Waals surface area (Å²) in [6.07, 6.45) is 4.64. The van der Waals surface area contributed by atoms with Gasteiger partial charge in [-0.15, -0.1) is 0 Å². The second-order valence-corrected chi connectivity index (χ2v) is 5.17. The second-order valence-electron chi connectivity index (χ2n) is 5.17. The Morgan fingerprint density at radius 1 is 1.33 bits per heavy atom. The van der Waals surface area contributed by atoms with Crippen LogP contribution in [0.25, 0.3) is 0 Å². The molecule has 1 heterocycles. The van der Waals surface area contributed by atoms with Gasteiger partial charge in [-0.05, 0) is 25.0 Å². The normalized spacial score (nSPS) is 11.3. The van der Waals surface area contributed by atoms with Crippen molar-refractivity contribution >= 4 is 11.6 Å². The van der Waals surface area contributed by atoms with E-state index < -0.39 is 4.92 Å². The molecule has 0 spiro atoms. The summed E-state index contributed by atoms with van der Waals surface area (Å²) in [4.78, 5) is 14.7. The van der Waals surface area contributed by atoms with E-state index in [9.17, 15) is 10.1 Å². The van der Waals surface area contributed by atoms with Gasteiger partial charge in [0.1, 0.15) is 0 Å². The van der Waals surface area contributed by atoms with Crippen LogP contribution in [0.1, 0.15) is 18.9 Å². The van der Waals surface area contributed by atoms with Crippen molar-refractivity contribution in [3.8, 4) is 0 Å². The summed E-state index contributed by atoms with van der Waals surface area (Å²) in [6.45, 7) is 4.87. The zero-order valence-corrected chi connectivity index (χ0v) is 13.7. The molecule has 0 saturated carbocycles. The molecule has 0 aliphatic carbocycles. The predicted octanol–water partition coefficient (Wildman–Crippen LogP) is 1.94. The monoisotopic (exact) mass is 330 g/mol. The number of nitro groups is 1. The van der Waals surface area contributed by atoms with Gasteiger partial charge in [0.2, 0.25) is 0 Å². The first kappa shape index (κ1) is 17.5. The maximum atomic E-state index is 10.6. The van der Waals surface area contributed by atoms with E-state index in [4.69, 9.17) is 0 Å². The number of hydrogen-bond acceptors (Lipinski definition) is 4. The number of hydrogen-bond donors (Lipinski definition) is 2. The molecular weight excluding hydrogens is 308 g/mol. The van der Waals surface area contributed by atoms with Crippen molar-refractivity contribution in [1.29, 1.82) is 0 Å². The minimum Gasteiger partial charge on any atom is -0.357 e. The third kappa shape index (κ3) is 5.71. The van der Waals surface area contributed by atoms with Crippen LogP contribution in [0.3, 0.4) is 0 Å². The molecule has 1 aromatic heterocycles. The molecule has 2 N–H and O–H groups in total. The Balaban J connectivity index is 1.81. The molecule has 0 fully saturated rings. The van der Waals surface area contributed by atoms with Crippen molar-refractivity contribution in [2.75, 3.05) is 13.1 Å². The van der Waals surface area contributed by atoms with E-state index in [0.717, 1.165) is 37.6 Å². The Kier molecular flexibility index (Phi) is 6.75. The minimum absolute atomic E-state index is 0.0892. The van der Waals surface area contributed by atoms with Crippen molar-refractivity contribution in [2.24, 2.45) is 4.99 Å². The number of benzene rings is 1. The summed E-state index contributed by atoms with van der Waals surface area (Å²) < 4.78 is 1.89. The highest BCUT2D eigenvalue weighted by molar-refractivity contribution is 5.79. The summed E-state index contributed by atoms with van der Waals surface area (Å²) in [6, 6.07) is 8.35. The van der Waals surface area contributed by atoms with E-state index in [0.29, 0.717) is 6.54 Å². The SMILES string of the molecule is CCNC(=NCc1ccc([N+](=O)[O-])cc1)NCCCn1cccn1. The Bertz CT molecular complexity index is 652. The van der Waals surface area contributed by atoms with Crippen LogP contribution in [0.4, 0.5) is 5.69 Å². The molecule has 0 unspecified atom stereocenters. The fourth-order valence-corrected chi connectivity index (χ4v) is 2.12. The van der Waals surface area contributed by atoms with Crippen LogP contribution < -0.4 is 10.6 Å². The Morgan fingerprint density at radius 2 is 2.12 bits per heavy atom. The molecule has 1 aromatic carbocycles. The largest absolute Gasteiger partial charge is 0.357 e. The zero-order chi connectivity index (χ0) is 17.2. The smallest absolute Gasteiger partial charge is 0.269 e. The lowest BCUT2D eigenvalue weighted by atomic mass is 10.2. The van der Waals surface area contributed by atoms with E-state index in [1.165, 1.54) is 12.1 Å². The molecule has 0 radical (unpaired) electrons. The molecule has 0 aliphatic rings. The number of nitro benzene ring substituents is 1. The maximum absolute atomic E-state index is 10.6. The molecule has 8 nitrogen and oxygen atoms in total. The van der Waals surface area contributed by atoms with Gasteiger partial charge >= 0.3 is 0 Å². The van der Waals surface area contributed by atoms with Gasteiger partial charge in [0.15, 0.2) is 5.96 Å². The summed E-state index contributed by atoms with van der Waals surface area (Å²) in [5.74, 6) is 0.733. The van der Waals surface area contributed by atoms with Gasteiger partial charge in [-0.3, -0.25) is 14.8 Å². The lowest BCUT2D eigenvalue weighted by molar-refractivity contribution is -0.384. The van der Waals surface area contributed by atoms with Crippen LogP contribution >= 0.6 is 0 Å². The van der Waals surface area contributed by atoms with Crippen molar-refractivity contribution in [3.05, 3.63) is 58.4 Å². The summed E-state index contributed by atoms with van der Waals surface area (Å²) in [5.41, 5.74) is 1.01. The van der Waals surface area contributed by atoms with E-state index in [1.807, 2.05) is 23.9 Å². The molecule has 24 heavy (non-hydrogen) atoms. The molecule has 0 atom stereocenters. The average Bonchev–Trinajstić information content (AvgIpc) is 3.10. The van der Waals surface area contributed by atoms with Gasteiger partial charge in [-0.2, -0.15) is 5.10 Å². The molecule has 0 amide bonds. The highest BCUT2D eigenvalue weighted by Crippen LogP contribution is 2.12. The lowest BCUT2D eigenvalue weighted by Gasteiger charge is -2.11. The second kappa shape index (κ2) is 9.29. The van der Waals surface area contributed by atoms with Gasteiger partial charge < -0.3 is 10.6 Å². The first-order valence-electron chi connectivity index (χ1n) is 7.92. The van der Waals surface area contributed by atoms with E-state index >= 15 is 0 Å². The summed E-state index contributed by atoms with van der Waals surface area (Å²) >= 11 is 0. The van der Waals surface area contributed by atoms with Crippen LogP contribution in [0.2, 0.25) is 0 Å². The number of non-ortho nitro benzene ring substituents is 1. The molecule has 0 bridgehead atoms. The molecule has 128 valence electrons. The third-order valence-corrected chi connectivity index (χ3v) is 3.33. The fourth-order valence-electron chi connectivity index (χ4n) is 2.12. The highest BCUT2D eigenvalue weighted by Gasteiger charge is 2.04. The van der Waals surface area contributed by atoms with Crippen LogP contribution in [0.5, 0.6) is 0 Å². The zero-order valence-electron chi connectivity index (χ0n) is 13.7. The van der Waals surface area contributed by atoms with Gasteiger partial charge in [-0.25, -0.2) is 4.99 Å². The number of guanidine groups is 1. The Hall–Kier alpha value is -2.90. The molecule has 0 aliphatic heterocycles. The molecule has 2 aromatic rings. The topological polar surface area (TPSA) is 97.4 Å². The van der Waals surface area contributed by atoms with Crippen LogP contribution in [-0.2, 0) is 13.1 Å². The van der Waals surface area contributed by atoms with Crippen molar-refractivity contribution in [1.82, 2.24) is 20.4 Å². The van der Waals surface area contributed by atoms with Crippen molar-refractivity contribution < 1.29 is 4.92 Å². The number of nitrogens with zero attached hydrogens (tertiary/aromatic N) is 4. The number of aryl methyl sites for hydroxylation is 1. The van der Waals surface area contributed by atoms with Crippen molar-refractivity contribution in [3.63, 3.8) is 0 Å². The highest BCUT2D eigenvalue weighted by atomic mass is 16.6. The fraction of sp³-hybridized carbons (Fsp3) is 0.375. The average molecular weight is 330 g/mol. The number of nitrogens with one attached hydrogen (secondary N) is 2. The summed E-state index contributed by atoms with van der Waals surface area (Å²) in [7, 11) is 0. The Morgan fingerprint density at radius 3 is 2.75 bits per heavy atom. The van der Waals surface area contributed by atoms with Crippen molar-refractivity contribution in [2.45, 2.75) is 26.4 Å². The van der Waals surface area contributed by atoms with Gasteiger partial charge in [0, 0.05) is 44.2 Å². The predicted molar refractivity (Wildman–Crippen MR) is 92.8 cm³/mol. The molecule has 8 heteroatoms. The Labute approximate surface area is 140 Å². The molecular formula is C16H22N6O2. The van der Waals surface area contributed by atoms with Crippen LogP contribution in [0, 0.1) is 10.1 Å². The third-order valence-electron chi connectivity index (χ3n) is 3.33. The first-order chi connectivity index (χ1) is 11.7. The minimum atomic E-state index is -0.404.